The van der Waals surface area contributed by atoms with Crippen LogP contribution >= 0.6 is 11.6 Å². The number of anilines is 1. The number of pyridine rings is 1. The number of carbonyl (C=O) groups is 1. The summed E-state index contributed by atoms with van der Waals surface area (Å²) in [5.74, 6) is -0.886. The second kappa shape index (κ2) is 9.57. The molecule has 3 aromatic rings. The zero-order chi connectivity index (χ0) is 21.8. The summed E-state index contributed by atoms with van der Waals surface area (Å²) in [7, 11) is 1.55. The highest BCUT2D eigenvalue weighted by molar-refractivity contribution is 6.31. The predicted octanol–water partition coefficient (Wildman–Crippen LogP) is 3.97. The van der Waals surface area contributed by atoms with Crippen LogP contribution in [0.3, 0.4) is 0 Å². The first-order chi connectivity index (χ1) is 15.1. The number of halogens is 2. The molecule has 0 spiro atoms. The fraction of sp³-hybridized carbons (Fsp3) is 0.429. The number of ether oxygens (including phenoxy) is 2. The van der Waals surface area contributed by atoms with Gasteiger partial charge in [0.1, 0.15) is 12.3 Å². The van der Waals surface area contributed by atoms with Gasteiger partial charge in [0.25, 0.3) is 0 Å². The number of hydrogen-bond donors (Lipinski definition) is 2. The van der Waals surface area contributed by atoms with Crippen LogP contribution in [0.25, 0.3) is 22.4 Å². The maximum absolute atomic E-state index is 14.6. The Morgan fingerprint density at radius 3 is 2.97 bits per heavy atom. The Hall–Kier alpha value is -2.78. The van der Waals surface area contributed by atoms with Gasteiger partial charge in [-0.3, -0.25) is 4.79 Å². The Balaban J connectivity index is 1.57. The zero-order valence-electron chi connectivity index (χ0n) is 17.0. The van der Waals surface area contributed by atoms with Gasteiger partial charge in [-0.1, -0.05) is 24.4 Å². The van der Waals surface area contributed by atoms with Crippen molar-refractivity contribution in [3.63, 3.8) is 0 Å². The van der Waals surface area contributed by atoms with Crippen molar-refractivity contribution in [1.29, 1.82) is 0 Å². The Labute approximate surface area is 183 Å². The van der Waals surface area contributed by atoms with Crippen LogP contribution in [0.15, 0.2) is 24.7 Å². The van der Waals surface area contributed by atoms with Crippen molar-refractivity contribution in [2.45, 2.75) is 31.7 Å². The fourth-order valence-corrected chi connectivity index (χ4v) is 4.01. The Morgan fingerprint density at radius 2 is 2.13 bits per heavy atom. The molecule has 4 rings (SSSR count). The van der Waals surface area contributed by atoms with Crippen molar-refractivity contribution < 1.29 is 18.7 Å². The Bertz CT molecular complexity index is 1080. The summed E-state index contributed by atoms with van der Waals surface area (Å²) < 4.78 is 24.8. The highest BCUT2D eigenvalue weighted by atomic mass is 35.5. The third-order valence-corrected chi connectivity index (χ3v) is 5.61. The fourth-order valence-electron chi connectivity index (χ4n) is 3.85. The molecule has 0 aromatic carbocycles. The van der Waals surface area contributed by atoms with E-state index in [1.165, 1.54) is 6.20 Å². The summed E-state index contributed by atoms with van der Waals surface area (Å²) in [6.45, 7) is 0.533. The third-order valence-electron chi connectivity index (χ3n) is 5.41. The molecule has 8 nitrogen and oxygen atoms in total. The van der Waals surface area contributed by atoms with Crippen molar-refractivity contribution in [2.75, 3.05) is 25.6 Å². The molecule has 0 amide bonds. The number of methoxy groups -OCH3 is 1. The second-order valence-corrected chi connectivity index (χ2v) is 7.88. The van der Waals surface area contributed by atoms with E-state index < -0.39 is 5.82 Å². The molecule has 164 valence electrons. The van der Waals surface area contributed by atoms with Crippen molar-refractivity contribution in [2.24, 2.45) is 5.92 Å². The molecule has 1 fully saturated rings. The smallest absolute Gasteiger partial charge is 0.311 e. The molecule has 0 bridgehead atoms. The molecular formula is C21H23ClFN5O3. The summed E-state index contributed by atoms with van der Waals surface area (Å²) in [5.41, 5.74) is 1.29. The number of H-pyrrole nitrogens is 1. The first kappa shape index (κ1) is 21.5. The van der Waals surface area contributed by atoms with Crippen LogP contribution in [-0.2, 0) is 14.3 Å². The number of carbonyl (C=O) groups excluding carboxylic acids is 1. The van der Waals surface area contributed by atoms with Crippen molar-refractivity contribution in [1.82, 2.24) is 19.9 Å². The summed E-state index contributed by atoms with van der Waals surface area (Å²) in [5, 5.41) is 4.34. The van der Waals surface area contributed by atoms with Gasteiger partial charge < -0.3 is 19.8 Å². The van der Waals surface area contributed by atoms with Gasteiger partial charge in [-0.15, -0.1) is 0 Å². The van der Waals surface area contributed by atoms with E-state index in [2.05, 4.69) is 25.3 Å². The van der Waals surface area contributed by atoms with E-state index in [1.54, 1.807) is 19.4 Å². The number of fused-ring (bicyclic) bond motifs is 1. The summed E-state index contributed by atoms with van der Waals surface area (Å²) in [6.07, 6.45) is 7.62. The highest BCUT2D eigenvalue weighted by Crippen LogP contribution is 2.31. The van der Waals surface area contributed by atoms with E-state index in [0.717, 1.165) is 30.8 Å². The average Bonchev–Trinajstić information content (AvgIpc) is 3.19. The number of aromatic nitrogens is 4. The van der Waals surface area contributed by atoms with Crippen molar-refractivity contribution in [3.8, 4) is 11.4 Å². The van der Waals surface area contributed by atoms with Gasteiger partial charge in [0, 0.05) is 36.5 Å². The number of nitrogens with one attached hydrogen (secondary N) is 2. The molecule has 0 saturated heterocycles. The number of aromatic amines is 1. The summed E-state index contributed by atoms with van der Waals surface area (Å²) in [6, 6.07) is 1.48. The summed E-state index contributed by atoms with van der Waals surface area (Å²) in [4.78, 5) is 28.3. The van der Waals surface area contributed by atoms with Gasteiger partial charge in [0.05, 0.1) is 23.7 Å². The first-order valence-corrected chi connectivity index (χ1v) is 10.5. The molecule has 1 aliphatic carbocycles. The topological polar surface area (TPSA) is 102 Å². The van der Waals surface area contributed by atoms with Crippen LogP contribution in [0.1, 0.15) is 25.7 Å². The third kappa shape index (κ3) is 4.77. The van der Waals surface area contributed by atoms with Crippen LogP contribution in [-0.4, -0.2) is 52.3 Å². The van der Waals surface area contributed by atoms with E-state index in [9.17, 15) is 9.18 Å². The maximum Gasteiger partial charge on any atom is 0.311 e. The lowest BCUT2D eigenvalue weighted by molar-refractivity contribution is -0.151. The van der Waals surface area contributed by atoms with Gasteiger partial charge in [-0.2, -0.15) is 0 Å². The molecular weight excluding hydrogens is 425 g/mol. The van der Waals surface area contributed by atoms with E-state index in [4.69, 9.17) is 21.1 Å². The quantitative estimate of drug-likeness (QED) is 0.417. The Kier molecular flexibility index (Phi) is 6.62. The molecule has 3 aromatic heterocycles. The summed E-state index contributed by atoms with van der Waals surface area (Å²) >= 11 is 6.07. The Morgan fingerprint density at radius 1 is 1.29 bits per heavy atom. The predicted molar refractivity (Wildman–Crippen MR) is 114 cm³/mol. The molecule has 10 heteroatoms. The maximum atomic E-state index is 14.6. The van der Waals surface area contributed by atoms with Gasteiger partial charge >= 0.3 is 5.97 Å². The zero-order valence-corrected chi connectivity index (χ0v) is 17.8. The van der Waals surface area contributed by atoms with Crippen LogP contribution in [0, 0.1) is 11.7 Å². The van der Waals surface area contributed by atoms with Gasteiger partial charge in [0.15, 0.2) is 17.5 Å². The molecule has 1 unspecified atom stereocenters. The standard InChI is InChI=1S/C21H23ClFN5O3/c1-30-6-7-31-21(29)13-4-2-3-5-17(13)27-20-16(23)11-26-19(28-20)15-10-25-18-14(15)8-12(22)9-24-18/h8-11,13,17H,2-7H2,1H3,(H,24,25)(H,26,27,28)/t13?,17-/m0/s1. The van der Waals surface area contributed by atoms with E-state index in [-0.39, 0.29) is 30.4 Å². The lowest BCUT2D eigenvalue weighted by atomic mass is 9.84. The van der Waals surface area contributed by atoms with E-state index in [0.29, 0.717) is 35.1 Å². The van der Waals surface area contributed by atoms with Crippen LogP contribution in [0.5, 0.6) is 0 Å². The lowest BCUT2D eigenvalue weighted by Gasteiger charge is -2.31. The number of hydrogen-bond acceptors (Lipinski definition) is 7. The van der Waals surface area contributed by atoms with Crippen LogP contribution in [0.2, 0.25) is 5.02 Å². The second-order valence-electron chi connectivity index (χ2n) is 7.44. The van der Waals surface area contributed by atoms with Crippen molar-refractivity contribution in [3.05, 3.63) is 35.5 Å². The van der Waals surface area contributed by atoms with Gasteiger partial charge in [-0.05, 0) is 18.9 Å². The molecule has 0 radical (unpaired) electrons. The molecule has 3 heterocycles. The van der Waals surface area contributed by atoms with E-state index >= 15 is 0 Å². The molecule has 1 saturated carbocycles. The van der Waals surface area contributed by atoms with Crippen LogP contribution in [0.4, 0.5) is 10.2 Å². The largest absolute Gasteiger partial charge is 0.463 e. The minimum atomic E-state index is -0.586. The van der Waals surface area contributed by atoms with Crippen LogP contribution < -0.4 is 5.32 Å². The highest BCUT2D eigenvalue weighted by Gasteiger charge is 2.33. The lowest BCUT2D eigenvalue weighted by Crippen LogP contribution is -2.39. The van der Waals surface area contributed by atoms with Crippen molar-refractivity contribution >= 4 is 34.4 Å². The number of esters is 1. The molecule has 0 aliphatic heterocycles. The molecule has 2 N–H and O–H groups in total. The monoisotopic (exact) mass is 447 g/mol. The van der Waals surface area contributed by atoms with Gasteiger partial charge in [0.2, 0.25) is 0 Å². The molecule has 1 aliphatic rings. The number of rotatable bonds is 7. The van der Waals surface area contributed by atoms with E-state index in [1.807, 2.05) is 0 Å². The minimum Gasteiger partial charge on any atom is -0.463 e. The first-order valence-electron chi connectivity index (χ1n) is 10.1. The van der Waals surface area contributed by atoms with Gasteiger partial charge in [-0.25, -0.2) is 19.3 Å². The average molecular weight is 448 g/mol. The molecule has 31 heavy (non-hydrogen) atoms. The minimum absolute atomic E-state index is 0.0518. The number of nitrogens with zero attached hydrogens (tertiary/aromatic N) is 3. The molecule has 2 atom stereocenters. The SMILES string of the molecule is COCCOC(=O)C1CCCC[C@@H]1Nc1nc(-c2c[nH]c3ncc(Cl)cc23)ncc1F. The normalized spacial score (nSPS) is 18.8.